The van der Waals surface area contributed by atoms with Gasteiger partial charge in [-0.15, -0.1) is 0 Å². The highest BCUT2D eigenvalue weighted by molar-refractivity contribution is 5.04. The minimum Gasteiger partial charge on any atom is -0.378 e. The zero-order valence-electron chi connectivity index (χ0n) is 7.86. The Balaban J connectivity index is 3.94. The van der Waals surface area contributed by atoms with Crippen molar-refractivity contribution < 1.29 is 0 Å². The summed E-state index contributed by atoms with van der Waals surface area (Å²) in [5.74, 6) is 0. The molecule has 0 aromatic rings. The molecule has 0 aromatic heterocycles. The lowest BCUT2D eigenvalue weighted by atomic mass is 10.2. The molecule has 0 aromatic carbocycles. The van der Waals surface area contributed by atoms with E-state index in [1.807, 2.05) is 0 Å². The van der Waals surface area contributed by atoms with E-state index in [0.29, 0.717) is 0 Å². The van der Waals surface area contributed by atoms with Gasteiger partial charge in [0.15, 0.2) is 0 Å². The van der Waals surface area contributed by atoms with Crippen molar-refractivity contribution in [3.63, 3.8) is 0 Å². The summed E-state index contributed by atoms with van der Waals surface area (Å²) in [5, 5.41) is 0. The molecule has 0 atom stereocenters. The van der Waals surface area contributed by atoms with E-state index in [-0.39, 0.29) is 0 Å². The Kier molecular flexibility index (Phi) is 4.17. The van der Waals surface area contributed by atoms with Crippen LogP contribution in [0.5, 0.6) is 0 Å². The van der Waals surface area contributed by atoms with Gasteiger partial charge in [0.2, 0.25) is 0 Å². The van der Waals surface area contributed by atoms with E-state index in [1.165, 1.54) is 17.7 Å². The smallest absolute Gasteiger partial charge is 0.0169 e. The van der Waals surface area contributed by atoms with Gasteiger partial charge in [0.25, 0.3) is 0 Å². The molecule has 0 saturated heterocycles. The van der Waals surface area contributed by atoms with Crippen LogP contribution in [0.3, 0.4) is 0 Å². The molecule has 1 nitrogen and oxygen atoms in total. The quantitative estimate of drug-likeness (QED) is 0.584. The molecule has 0 saturated carbocycles. The van der Waals surface area contributed by atoms with Crippen molar-refractivity contribution in [2.24, 2.45) is 0 Å². The summed E-state index contributed by atoms with van der Waals surface area (Å²) in [5.41, 5.74) is 2.82. The van der Waals surface area contributed by atoms with E-state index in [4.69, 9.17) is 0 Å². The second kappa shape index (κ2) is 4.37. The summed E-state index contributed by atoms with van der Waals surface area (Å²) in [6.45, 7) is 9.85. The average molecular weight is 141 g/mol. The predicted molar refractivity (Wildman–Crippen MR) is 47.0 cm³/mol. The molecule has 0 aliphatic carbocycles. The number of hydrogen-bond donors (Lipinski definition) is 0. The van der Waals surface area contributed by atoms with E-state index in [9.17, 15) is 0 Å². The van der Waals surface area contributed by atoms with Crippen LogP contribution in [0.2, 0.25) is 0 Å². The van der Waals surface area contributed by atoms with Crippen molar-refractivity contribution in [2.75, 3.05) is 13.6 Å². The van der Waals surface area contributed by atoms with Gasteiger partial charge in [-0.05, 0) is 27.2 Å². The lowest BCUT2D eigenvalue weighted by molar-refractivity contribution is 0.413. The Bertz CT molecular complexity index is 121. The standard InChI is InChI=1S/C9H19N/c1-6-7-10(5)9(4)8(2)3/h6-7H2,1-5H3. The fraction of sp³-hybridized carbons (Fsp3) is 0.778. The van der Waals surface area contributed by atoms with Crippen molar-refractivity contribution in [3.8, 4) is 0 Å². The molecule has 60 valence electrons. The normalized spacial score (nSPS) is 9.30. The molecule has 0 bridgehead atoms. The van der Waals surface area contributed by atoms with Gasteiger partial charge in [-0.2, -0.15) is 0 Å². The fourth-order valence-electron chi connectivity index (χ4n) is 0.885. The minimum absolute atomic E-state index is 1.16. The summed E-state index contributed by atoms with van der Waals surface area (Å²) in [7, 11) is 2.14. The van der Waals surface area contributed by atoms with E-state index >= 15 is 0 Å². The van der Waals surface area contributed by atoms with E-state index < -0.39 is 0 Å². The molecule has 0 fully saturated rings. The van der Waals surface area contributed by atoms with Gasteiger partial charge in [-0.3, -0.25) is 0 Å². The molecule has 0 rings (SSSR count). The summed E-state index contributed by atoms with van der Waals surface area (Å²) in [6.07, 6.45) is 1.22. The molecule has 0 aliphatic rings. The first-order chi connectivity index (χ1) is 4.59. The van der Waals surface area contributed by atoms with Crippen LogP contribution >= 0.6 is 0 Å². The van der Waals surface area contributed by atoms with Crippen LogP contribution in [0.4, 0.5) is 0 Å². The maximum atomic E-state index is 2.30. The molecule has 10 heavy (non-hydrogen) atoms. The Morgan fingerprint density at radius 2 is 1.70 bits per heavy atom. The number of nitrogens with zero attached hydrogens (tertiary/aromatic N) is 1. The van der Waals surface area contributed by atoms with Gasteiger partial charge in [-0.25, -0.2) is 0 Å². The van der Waals surface area contributed by atoms with Crippen LogP contribution in [-0.4, -0.2) is 18.5 Å². The third-order valence-corrected chi connectivity index (χ3v) is 1.86. The van der Waals surface area contributed by atoms with Crippen LogP contribution in [-0.2, 0) is 0 Å². The summed E-state index contributed by atoms with van der Waals surface area (Å²) in [4.78, 5) is 2.30. The number of allylic oxidation sites excluding steroid dienone is 2. The molecule has 0 unspecified atom stereocenters. The van der Waals surface area contributed by atoms with Crippen molar-refractivity contribution in [2.45, 2.75) is 34.1 Å². The molecule has 0 radical (unpaired) electrons. The molecule has 0 spiro atoms. The summed E-state index contributed by atoms with van der Waals surface area (Å²) in [6, 6.07) is 0. The van der Waals surface area contributed by atoms with Crippen molar-refractivity contribution in [3.05, 3.63) is 11.3 Å². The Morgan fingerprint density at radius 3 is 2.00 bits per heavy atom. The molecular formula is C9H19N. The van der Waals surface area contributed by atoms with Gasteiger partial charge in [-0.1, -0.05) is 12.5 Å². The average Bonchev–Trinajstić information content (AvgIpc) is 1.87. The van der Waals surface area contributed by atoms with E-state index in [1.54, 1.807) is 0 Å². The van der Waals surface area contributed by atoms with Crippen molar-refractivity contribution in [1.29, 1.82) is 0 Å². The second-order valence-electron chi connectivity index (χ2n) is 3.01. The van der Waals surface area contributed by atoms with Gasteiger partial charge < -0.3 is 4.90 Å². The molecule has 0 aliphatic heterocycles. The van der Waals surface area contributed by atoms with Crippen LogP contribution < -0.4 is 0 Å². The number of rotatable bonds is 3. The molecule has 0 N–H and O–H groups in total. The maximum absolute atomic E-state index is 2.30. The second-order valence-corrected chi connectivity index (χ2v) is 3.01. The van der Waals surface area contributed by atoms with Gasteiger partial charge >= 0.3 is 0 Å². The van der Waals surface area contributed by atoms with Gasteiger partial charge in [0.1, 0.15) is 0 Å². The molecule has 0 heterocycles. The zero-order chi connectivity index (χ0) is 8.15. The van der Waals surface area contributed by atoms with Crippen LogP contribution in [0.25, 0.3) is 0 Å². The summed E-state index contributed by atoms with van der Waals surface area (Å²) < 4.78 is 0. The van der Waals surface area contributed by atoms with E-state index in [2.05, 4.69) is 39.6 Å². The SMILES string of the molecule is CCCN(C)C(C)=C(C)C. The van der Waals surface area contributed by atoms with Crippen molar-refractivity contribution in [1.82, 2.24) is 4.90 Å². The van der Waals surface area contributed by atoms with Crippen LogP contribution in [0, 0.1) is 0 Å². The lowest BCUT2D eigenvalue weighted by Gasteiger charge is -2.20. The molecule has 1 heteroatoms. The molecular weight excluding hydrogens is 122 g/mol. The third-order valence-electron chi connectivity index (χ3n) is 1.86. The Labute approximate surface area is 64.7 Å². The first-order valence-corrected chi connectivity index (χ1v) is 3.94. The molecule has 0 amide bonds. The Morgan fingerprint density at radius 1 is 1.20 bits per heavy atom. The number of hydrogen-bond acceptors (Lipinski definition) is 1. The largest absolute Gasteiger partial charge is 0.378 e. The van der Waals surface area contributed by atoms with E-state index in [0.717, 1.165) is 6.54 Å². The first kappa shape index (κ1) is 9.54. The van der Waals surface area contributed by atoms with Gasteiger partial charge in [0.05, 0.1) is 0 Å². The van der Waals surface area contributed by atoms with Gasteiger partial charge in [0, 0.05) is 19.3 Å². The lowest BCUT2D eigenvalue weighted by Crippen LogP contribution is -2.17. The van der Waals surface area contributed by atoms with Crippen molar-refractivity contribution >= 4 is 0 Å². The third kappa shape index (κ3) is 2.90. The van der Waals surface area contributed by atoms with Crippen LogP contribution in [0.15, 0.2) is 11.3 Å². The fourth-order valence-corrected chi connectivity index (χ4v) is 0.885. The summed E-state index contributed by atoms with van der Waals surface area (Å²) >= 11 is 0. The minimum atomic E-state index is 1.16. The highest BCUT2D eigenvalue weighted by Crippen LogP contribution is 2.06. The monoisotopic (exact) mass is 141 g/mol. The predicted octanol–water partition coefficient (Wildman–Crippen LogP) is 2.64. The first-order valence-electron chi connectivity index (χ1n) is 3.94. The zero-order valence-corrected chi connectivity index (χ0v) is 7.86. The highest BCUT2D eigenvalue weighted by atomic mass is 15.1. The topological polar surface area (TPSA) is 3.24 Å². The van der Waals surface area contributed by atoms with Crippen LogP contribution in [0.1, 0.15) is 34.1 Å². The highest BCUT2D eigenvalue weighted by Gasteiger charge is 1.97. The maximum Gasteiger partial charge on any atom is 0.0169 e. The Hall–Kier alpha value is -0.460.